The minimum atomic E-state index is -1.85. The Hall–Kier alpha value is -10.6. The van der Waals surface area contributed by atoms with Crippen molar-refractivity contribution in [3.8, 4) is 0 Å². The molecule has 123 heavy (non-hydrogen) atoms. The van der Waals surface area contributed by atoms with Crippen molar-refractivity contribution in [3.05, 3.63) is 0 Å². The van der Waals surface area contributed by atoms with Crippen LogP contribution in [0.25, 0.3) is 0 Å². The summed E-state index contributed by atoms with van der Waals surface area (Å²) in [6.45, 7) is 37.4. The van der Waals surface area contributed by atoms with E-state index in [4.69, 9.17) is 11.5 Å². The first kappa shape index (κ1) is 110. The van der Waals surface area contributed by atoms with E-state index in [-0.39, 0.29) is 75.7 Å². The van der Waals surface area contributed by atoms with Gasteiger partial charge >= 0.3 is 0 Å². The van der Waals surface area contributed by atoms with Gasteiger partial charge in [-0.1, -0.05) is 76.2 Å². The maximum absolute atomic E-state index is 14.5. The summed E-state index contributed by atoms with van der Waals surface area (Å²) >= 11 is 0. The van der Waals surface area contributed by atoms with Gasteiger partial charge < -0.3 is 112 Å². The van der Waals surface area contributed by atoms with Gasteiger partial charge in [0.15, 0.2) is 0 Å². The molecule has 22 N–H and O–H groups in total. The smallest absolute Gasteiger partial charge is 0.248 e. The van der Waals surface area contributed by atoms with Crippen molar-refractivity contribution in [2.75, 3.05) is 26.2 Å². The maximum Gasteiger partial charge on any atom is 0.248 e. The lowest BCUT2D eigenvalue weighted by atomic mass is 9.93. The van der Waals surface area contributed by atoms with E-state index in [0.717, 1.165) is 0 Å². The van der Waals surface area contributed by atoms with Crippen LogP contribution < -0.4 is 102 Å². The SMILES string of the molecule is CC[C@@](C)(NC(=O)CNC(=O)C(C)(C)NC(=O)[C@H](NC(=O)[C@](C)(CC)NC(=O)[C@@H](CCC(N)=O)NC(=O)[C@@](C)(CC)NC(=O)[C@H](CC(C)C)NC(=O)[C@H](C)NC(=O)CNC(=O)C(C)(C)NC(C)=O)C(C)C)C(=O)NC(C)(C)C(=O)N1CCC[C@@H]1C(=O)N[C@@H](CC(C)C)C(=O)NC(C)(C)C(=O)NC(C)(C)C(=O)N[C@H](CCC(N)=O)C(=O)N[C@H](CO)CC(C)C. The van der Waals surface area contributed by atoms with Gasteiger partial charge in [0.2, 0.25) is 118 Å². The summed E-state index contributed by atoms with van der Waals surface area (Å²) in [5.74, 6) is -17.0. The van der Waals surface area contributed by atoms with Crippen LogP contribution in [0.3, 0.4) is 0 Å². The van der Waals surface area contributed by atoms with Crippen LogP contribution in [0.2, 0.25) is 0 Å². The number of nitrogens with zero attached hydrogens (tertiary/aromatic N) is 1. The first-order valence-electron chi connectivity index (χ1n) is 42.0. The molecule has 0 aromatic heterocycles. The Kier molecular flexibility index (Phi) is 42.4. The molecule has 0 saturated carbocycles. The van der Waals surface area contributed by atoms with Crippen molar-refractivity contribution in [2.45, 2.75) is 350 Å². The molecule has 0 aromatic rings. The van der Waals surface area contributed by atoms with Crippen LogP contribution in [0.5, 0.6) is 0 Å². The molecule has 0 bridgehead atoms. The molecule has 1 rings (SSSR count). The summed E-state index contributed by atoms with van der Waals surface area (Å²) in [6.07, 6.45) is -0.588. The minimum Gasteiger partial charge on any atom is -0.394 e. The third-order valence-electron chi connectivity index (χ3n) is 21.1. The van der Waals surface area contributed by atoms with Crippen LogP contribution >= 0.6 is 0 Å². The van der Waals surface area contributed by atoms with E-state index in [2.05, 4.69) is 90.4 Å². The second-order valence-corrected chi connectivity index (χ2v) is 36.7. The highest BCUT2D eigenvalue weighted by Crippen LogP contribution is 2.25. The Bertz CT molecular complexity index is 3840. The quantitative estimate of drug-likeness (QED) is 0.0294. The largest absolute Gasteiger partial charge is 0.394 e. The lowest BCUT2D eigenvalue weighted by Gasteiger charge is -2.37. The standard InChI is InChI=1S/C82H144N20O21/c1-27-80(24,99-64(113)53(39-45(8)9)89-60(109)47(12)87-57(107)40-85-67(116)75(14,15)94-48(13)104)71(120)92-51(33-35-56(84)106)62(111)98-81(25,28-2)72(121)93-59(46(10)11)66(115)97-76(16,17)68(117)86-41-58(108)95-82(26,29-3)73(122)101-79(22,23)74(123)102-36-30-31-54(102)65(114)90-52(38-44(6)7)63(112)96-78(20,21)70(119)100-77(18,19)69(118)91-50(32-34-55(83)105)61(110)88-49(42-103)37-43(4)5/h43-47,49-54,59,103H,27-42H2,1-26H3,(H2,83,105)(H2,84,106)(H,85,116)(H,86,117)(H,87,107)(H,88,110)(H,89,109)(H,90,114)(H,91,118)(H,92,120)(H,93,121)(H,94,104)(H,95,108)(H,96,112)(H,97,115)(H,98,111)(H,99,113)(H,100,119)(H,101,122)/t47-,49-,50+,51+,52-,53-,54+,59+,80+,81-,82+/m0/s1. The monoisotopic (exact) mass is 1750 g/mol. The number of amides is 20. The summed E-state index contributed by atoms with van der Waals surface area (Å²) in [5.41, 5.74) is -2.93. The number of hydrogen-bond acceptors (Lipinski definition) is 21. The van der Waals surface area contributed by atoms with Crippen molar-refractivity contribution in [1.29, 1.82) is 0 Å². The van der Waals surface area contributed by atoms with Crippen LogP contribution in [0.4, 0.5) is 0 Å². The van der Waals surface area contributed by atoms with Crippen LogP contribution in [-0.2, 0) is 95.9 Å². The molecule has 0 aromatic carbocycles. The molecule has 0 unspecified atom stereocenters. The summed E-state index contributed by atoms with van der Waals surface area (Å²) in [6, 6.07) is -9.86. The van der Waals surface area contributed by atoms with E-state index in [1.807, 2.05) is 13.8 Å². The van der Waals surface area contributed by atoms with E-state index in [0.29, 0.717) is 12.8 Å². The third-order valence-corrected chi connectivity index (χ3v) is 21.1. The molecule has 0 aliphatic carbocycles. The Labute approximate surface area is 722 Å². The molecular formula is C82H144N20O21. The highest BCUT2D eigenvalue weighted by Gasteiger charge is 2.48. The number of nitrogens with one attached hydrogen (secondary N) is 17. The van der Waals surface area contributed by atoms with Gasteiger partial charge in [-0.3, -0.25) is 95.9 Å². The van der Waals surface area contributed by atoms with E-state index in [9.17, 15) is 101 Å². The maximum atomic E-state index is 14.5. The van der Waals surface area contributed by atoms with E-state index < -0.39 is 249 Å². The second kappa shape index (κ2) is 47.3. The molecule has 0 spiro atoms. The normalized spacial score (nSPS) is 16.3. The zero-order valence-electron chi connectivity index (χ0n) is 77.0. The number of nitrogens with two attached hydrogens (primary N) is 2. The topological polar surface area (TPSA) is 621 Å². The van der Waals surface area contributed by atoms with E-state index in [1.165, 1.54) is 116 Å². The van der Waals surface area contributed by atoms with Crippen LogP contribution in [-0.4, -0.2) is 247 Å². The van der Waals surface area contributed by atoms with Gasteiger partial charge in [0.05, 0.1) is 25.7 Å². The highest BCUT2D eigenvalue weighted by molar-refractivity contribution is 6.04. The van der Waals surface area contributed by atoms with E-state index in [1.54, 1.807) is 55.4 Å². The fourth-order valence-electron chi connectivity index (χ4n) is 12.7. The number of aliphatic hydroxyl groups is 1. The number of rotatable bonds is 51. The molecule has 41 heteroatoms. The number of primary amides is 2. The van der Waals surface area contributed by atoms with Crippen molar-refractivity contribution in [1.82, 2.24) is 95.3 Å². The molecule has 698 valence electrons. The predicted octanol–water partition coefficient (Wildman–Crippen LogP) is -2.71. The number of carbonyl (C=O) groups excluding carboxylic acids is 20. The van der Waals surface area contributed by atoms with Crippen LogP contribution in [0.15, 0.2) is 0 Å². The predicted molar refractivity (Wildman–Crippen MR) is 454 cm³/mol. The first-order valence-corrected chi connectivity index (χ1v) is 42.0. The summed E-state index contributed by atoms with van der Waals surface area (Å²) < 4.78 is 0. The first-order chi connectivity index (χ1) is 56.3. The van der Waals surface area contributed by atoms with Gasteiger partial charge in [0.1, 0.15) is 86.6 Å². The van der Waals surface area contributed by atoms with Gasteiger partial charge in [0.25, 0.3) is 0 Å². The molecule has 20 amide bonds. The molecule has 0 radical (unpaired) electrons. The Morgan fingerprint density at radius 1 is 0.390 bits per heavy atom. The van der Waals surface area contributed by atoms with Gasteiger partial charge in [-0.15, -0.1) is 0 Å². The molecule has 1 fully saturated rings. The van der Waals surface area contributed by atoms with Gasteiger partial charge in [-0.05, 0) is 185 Å². The summed E-state index contributed by atoms with van der Waals surface area (Å²) in [4.78, 5) is 273. The summed E-state index contributed by atoms with van der Waals surface area (Å²) in [5, 5.41) is 53.8. The van der Waals surface area contributed by atoms with Crippen molar-refractivity contribution in [2.24, 2.45) is 35.1 Å². The average molecular weight is 1750 g/mol. The minimum absolute atomic E-state index is 0.0451. The van der Waals surface area contributed by atoms with Crippen molar-refractivity contribution >= 4 is 118 Å². The lowest BCUT2D eigenvalue weighted by molar-refractivity contribution is -0.146. The average Bonchev–Trinajstić information content (AvgIpc) is 1.64. The van der Waals surface area contributed by atoms with Crippen molar-refractivity contribution < 1.29 is 101 Å². The lowest BCUT2D eigenvalue weighted by Crippen LogP contribution is -2.67. The molecule has 1 heterocycles. The molecule has 1 saturated heterocycles. The Morgan fingerprint density at radius 3 is 1.24 bits per heavy atom. The Morgan fingerprint density at radius 2 is 0.789 bits per heavy atom. The number of carbonyl (C=O) groups is 20. The third kappa shape index (κ3) is 35.3. The zero-order chi connectivity index (χ0) is 95.4. The molecular weight excluding hydrogens is 1600 g/mol. The number of likely N-dealkylation sites (tertiary alicyclic amines) is 1. The second-order valence-electron chi connectivity index (χ2n) is 36.7. The van der Waals surface area contributed by atoms with Gasteiger partial charge in [0, 0.05) is 26.3 Å². The zero-order valence-corrected chi connectivity index (χ0v) is 77.0. The summed E-state index contributed by atoms with van der Waals surface area (Å²) in [7, 11) is 0. The van der Waals surface area contributed by atoms with Gasteiger partial charge in [-0.2, -0.15) is 0 Å². The number of aliphatic hydroxyl groups excluding tert-OH is 1. The molecule has 1 aliphatic heterocycles. The molecule has 41 nitrogen and oxygen atoms in total. The fourth-order valence-corrected chi connectivity index (χ4v) is 12.7. The molecule has 11 atom stereocenters. The van der Waals surface area contributed by atoms with E-state index >= 15 is 0 Å². The Balaban J connectivity index is 3.26. The van der Waals surface area contributed by atoms with Crippen LogP contribution in [0.1, 0.15) is 257 Å². The number of hydrogen-bond donors (Lipinski definition) is 20. The fraction of sp³-hybridized carbons (Fsp3) is 0.756. The highest BCUT2D eigenvalue weighted by atomic mass is 16.3. The van der Waals surface area contributed by atoms with Crippen LogP contribution in [0, 0.1) is 23.7 Å². The van der Waals surface area contributed by atoms with Gasteiger partial charge in [-0.25, -0.2) is 0 Å². The molecule has 1 aliphatic rings. The van der Waals surface area contributed by atoms with Crippen molar-refractivity contribution in [3.63, 3.8) is 0 Å².